The fourth-order valence-electron chi connectivity index (χ4n) is 4.67. The quantitative estimate of drug-likeness (QED) is 0.288. The minimum absolute atomic E-state index is 0.0186. The van der Waals surface area contributed by atoms with Crippen molar-refractivity contribution in [1.82, 2.24) is 4.57 Å². The number of rotatable bonds is 9. The fourth-order valence-corrected chi connectivity index (χ4v) is 5.66. The highest BCUT2D eigenvalue weighted by molar-refractivity contribution is 9.10. The largest absolute Gasteiger partial charge is 0.492 e. The molecule has 0 N–H and O–H groups in total. The van der Waals surface area contributed by atoms with E-state index >= 15 is 0 Å². The second kappa shape index (κ2) is 11.1. The predicted octanol–water partition coefficient (Wildman–Crippen LogP) is 6.00. The van der Waals surface area contributed by atoms with E-state index in [1.807, 2.05) is 16.7 Å². The van der Waals surface area contributed by atoms with Gasteiger partial charge in [0.2, 0.25) is 0 Å². The Bertz CT molecular complexity index is 1050. The minimum Gasteiger partial charge on any atom is -0.492 e. The Labute approximate surface area is 208 Å². The van der Waals surface area contributed by atoms with Gasteiger partial charge in [-0.2, -0.15) is 0 Å². The lowest BCUT2D eigenvalue weighted by atomic mass is 9.82. The molecule has 6 nitrogen and oxygen atoms in total. The van der Waals surface area contributed by atoms with Gasteiger partial charge in [0.05, 0.1) is 18.2 Å². The topological polar surface area (TPSA) is 66.8 Å². The van der Waals surface area contributed by atoms with E-state index in [1.54, 1.807) is 26.4 Å². The highest BCUT2D eigenvalue weighted by Gasteiger charge is 2.44. The number of methoxy groups -OCH3 is 1. The van der Waals surface area contributed by atoms with Crippen molar-refractivity contribution >= 4 is 33.5 Å². The van der Waals surface area contributed by atoms with E-state index in [-0.39, 0.29) is 35.0 Å². The van der Waals surface area contributed by atoms with Crippen LogP contribution in [0.2, 0.25) is 5.02 Å². The zero-order valence-corrected chi connectivity index (χ0v) is 21.9. The molecule has 0 saturated heterocycles. The molecule has 1 heterocycles. The first-order valence-corrected chi connectivity index (χ1v) is 12.4. The second-order valence-corrected chi connectivity index (χ2v) is 10.2. The normalized spacial score (nSPS) is 19.5. The molecule has 0 aliphatic heterocycles. The first kappa shape index (κ1) is 25.8. The number of benzene rings is 1. The second-order valence-electron chi connectivity index (χ2n) is 8.97. The zero-order valence-electron chi connectivity index (χ0n) is 19.5. The number of nitrogens with zero attached hydrogens (tertiary/aromatic N) is 1. The van der Waals surface area contributed by atoms with Crippen LogP contribution in [0.15, 0.2) is 39.9 Å². The van der Waals surface area contributed by atoms with Crippen molar-refractivity contribution in [3.05, 3.63) is 61.4 Å². The average Bonchev–Trinajstić information content (AvgIpc) is 3.08. The van der Waals surface area contributed by atoms with Gasteiger partial charge in [0.1, 0.15) is 11.3 Å². The van der Waals surface area contributed by atoms with Gasteiger partial charge >= 0.3 is 5.97 Å². The van der Waals surface area contributed by atoms with Crippen molar-refractivity contribution in [3.63, 3.8) is 0 Å². The third kappa shape index (κ3) is 5.81. The minimum atomic E-state index is -0.594. The van der Waals surface area contributed by atoms with Gasteiger partial charge in [-0.25, -0.2) is 4.79 Å². The first-order valence-electron chi connectivity index (χ1n) is 11.2. The van der Waals surface area contributed by atoms with Crippen LogP contribution in [0.5, 0.6) is 5.75 Å². The van der Waals surface area contributed by atoms with E-state index in [9.17, 15) is 9.59 Å². The molecule has 2 atom stereocenters. The number of ether oxygens (including phenoxy) is 3. The van der Waals surface area contributed by atoms with Gasteiger partial charge in [-0.15, -0.1) is 0 Å². The third-order valence-electron chi connectivity index (χ3n) is 6.24. The summed E-state index contributed by atoms with van der Waals surface area (Å²) in [6.45, 7) is 7.50. The van der Waals surface area contributed by atoms with Crippen LogP contribution in [0.3, 0.4) is 0 Å². The summed E-state index contributed by atoms with van der Waals surface area (Å²) in [5.41, 5.74) is 0.743. The van der Waals surface area contributed by atoms with Crippen LogP contribution in [0, 0.1) is 5.41 Å². The number of aromatic nitrogens is 1. The van der Waals surface area contributed by atoms with Crippen LogP contribution in [0.4, 0.5) is 0 Å². The summed E-state index contributed by atoms with van der Waals surface area (Å²) in [6.07, 6.45) is 6.11. The van der Waals surface area contributed by atoms with E-state index in [2.05, 4.69) is 29.8 Å². The van der Waals surface area contributed by atoms with E-state index in [4.69, 9.17) is 25.8 Å². The zero-order chi connectivity index (χ0) is 24.2. The van der Waals surface area contributed by atoms with E-state index in [0.29, 0.717) is 24.0 Å². The number of pyridine rings is 1. The average molecular weight is 541 g/mol. The molecule has 180 valence electrons. The molecule has 1 aromatic heterocycles. The number of carbonyl (C=O) groups excluding carboxylic acids is 1. The molecular weight excluding hydrogens is 510 g/mol. The van der Waals surface area contributed by atoms with Crippen molar-refractivity contribution in [1.29, 1.82) is 0 Å². The number of halogens is 2. The predicted molar refractivity (Wildman–Crippen MR) is 133 cm³/mol. The van der Waals surface area contributed by atoms with E-state index in [1.165, 1.54) is 6.07 Å². The van der Waals surface area contributed by atoms with Crippen LogP contribution < -0.4 is 10.2 Å². The smallest absolute Gasteiger partial charge is 0.343 e. The maximum absolute atomic E-state index is 12.3. The lowest BCUT2D eigenvalue weighted by molar-refractivity contribution is 0.0523. The van der Waals surface area contributed by atoms with Crippen molar-refractivity contribution in [3.8, 4) is 5.75 Å². The van der Waals surface area contributed by atoms with Crippen LogP contribution >= 0.6 is 27.5 Å². The molecule has 1 aliphatic carbocycles. The van der Waals surface area contributed by atoms with Gasteiger partial charge in [-0.05, 0) is 42.9 Å². The Balaban J connectivity index is 1.99. The van der Waals surface area contributed by atoms with Gasteiger partial charge in [-0.3, -0.25) is 4.79 Å². The Morgan fingerprint density at radius 3 is 2.76 bits per heavy atom. The Hall–Kier alpha value is -1.83. The lowest BCUT2D eigenvalue weighted by Gasteiger charge is -2.34. The molecule has 3 rings (SSSR count). The Kier molecular flexibility index (Phi) is 8.65. The maximum Gasteiger partial charge on any atom is 0.343 e. The van der Waals surface area contributed by atoms with Crippen molar-refractivity contribution < 1.29 is 19.0 Å². The van der Waals surface area contributed by atoms with Gasteiger partial charge in [0, 0.05) is 55.0 Å². The molecule has 0 radical (unpaired) electrons. The highest BCUT2D eigenvalue weighted by Crippen LogP contribution is 2.55. The van der Waals surface area contributed by atoms with Crippen molar-refractivity contribution in [2.24, 2.45) is 5.41 Å². The molecule has 0 spiro atoms. The standard InChI is InChI=1S/C25H31BrClNO5/c1-5-32-24(30)18-15-28(10-8-21(18)29)23-16(7-9-25(23,2)3)17-13-22(20(27)14-19(17)26)33-12-6-11-31-4/h8,10,13-16,23H,5-7,9,11-12H2,1-4H3/t16-,23-/m0/s1. The molecule has 0 bridgehead atoms. The van der Waals surface area contributed by atoms with Crippen LogP contribution in [0.1, 0.15) is 67.9 Å². The number of carbonyl (C=O) groups is 1. The SMILES string of the molecule is CCOC(=O)c1cn([C@H]2[C@H](c3cc(OCCCOC)c(Cl)cc3Br)CCC2(C)C)ccc1=O. The molecule has 1 aliphatic rings. The molecule has 33 heavy (non-hydrogen) atoms. The van der Waals surface area contributed by atoms with Gasteiger partial charge in [0.25, 0.3) is 0 Å². The summed E-state index contributed by atoms with van der Waals surface area (Å²) in [5.74, 6) is 0.177. The van der Waals surface area contributed by atoms with E-state index < -0.39 is 5.97 Å². The van der Waals surface area contributed by atoms with Crippen molar-refractivity contribution in [2.45, 2.75) is 52.0 Å². The first-order chi connectivity index (χ1) is 15.7. The number of esters is 1. The summed E-state index contributed by atoms with van der Waals surface area (Å²) in [5, 5.41) is 0.546. The molecule has 0 unspecified atom stereocenters. The fraction of sp³-hybridized carbons (Fsp3) is 0.520. The summed E-state index contributed by atoms with van der Waals surface area (Å²) >= 11 is 10.2. The molecular formula is C25H31BrClNO5. The maximum atomic E-state index is 12.3. The van der Waals surface area contributed by atoms with Crippen LogP contribution in [-0.4, -0.2) is 37.5 Å². The summed E-state index contributed by atoms with van der Waals surface area (Å²) < 4.78 is 19.0. The van der Waals surface area contributed by atoms with Crippen LogP contribution in [0.25, 0.3) is 0 Å². The summed E-state index contributed by atoms with van der Waals surface area (Å²) in [6, 6.07) is 5.34. The Morgan fingerprint density at radius 1 is 1.30 bits per heavy atom. The van der Waals surface area contributed by atoms with Crippen LogP contribution in [-0.2, 0) is 9.47 Å². The molecule has 1 saturated carbocycles. The lowest BCUT2D eigenvalue weighted by Crippen LogP contribution is -2.28. The van der Waals surface area contributed by atoms with Gasteiger partial charge < -0.3 is 18.8 Å². The van der Waals surface area contributed by atoms with Gasteiger partial charge in [-0.1, -0.05) is 41.4 Å². The Morgan fingerprint density at radius 2 is 2.06 bits per heavy atom. The summed E-state index contributed by atoms with van der Waals surface area (Å²) in [4.78, 5) is 24.7. The number of hydrogen-bond acceptors (Lipinski definition) is 5. The molecule has 8 heteroatoms. The molecule has 2 aromatic rings. The number of hydrogen-bond donors (Lipinski definition) is 0. The summed E-state index contributed by atoms with van der Waals surface area (Å²) in [7, 11) is 1.66. The molecule has 1 fully saturated rings. The monoisotopic (exact) mass is 539 g/mol. The van der Waals surface area contributed by atoms with E-state index in [0.717, 1.165) is 29.3 Å². The van der Waals surface area contributed by atoms with Gasteiger partial charge in [0.15, 0.2) is 5.43 Å². The van der Waals surface area contributed by atoms with Crippen molar-refractivity contribution in [2.75, 3.05) is 26.9 Å². The third-order valence-corrected chi connectivity index (χ3v) is 7.22. The molecule has 1 aromatic carbocycles. The highest BCUT2D eigenvalue weighted by atomic mass is 79.9. The molecule has 0 amide bonds.